The molecule has 2 aromatic carbocycles. The highest BCUT2D eigenvalue weighted by Gasteiger charge is 2.05. The quantitative estimate of drug-likeness (QED) is 0.592. The Labute approximate surface area is 138 Å². The van der Waals surface area contributed by atoms with Gasteiger partial charge in [-0.05, 0) is 36.2 Å². The third-order valence-corrected chi connectivity index (χ3v) is 3.84. The minimum atomic E-state index is 0.633. The van der Waals surface area contributed by atoms with Crippen molar-refractivity contribution < 1.29 is 4.74 Å². The fourth-order valence-electron chi connectivity index (χ4n) is 2.30. The van der Waals surface area contributed by atoms with Gasteiger partial charge in [-0.3, -0.25) is 0 Å². The molecule has 0 aromatic heterocycles. The smallest absolute Gasteiger partial charge is 0.0717 e. The number of nitrogens with zero attached hydrogens (tertiary/aromatic N) is 1. The van der Waals surface area contributed by atoms with E-state index in [4.69, 9.17) is 16.3 Å². The van der Waals surface area contributed by atoms with Crippen LogP contribution in [0.1, 0.15) is 25.3 Å². The molecule has 0 saturated heterocycles. The highest BCUT2D eigenvalue weighted by atomic mass is 35.5. The van der Waals surface area contributed by atoms with Crippen molar-refractivity contribution >= 4 is 17.3 Å². The lowest BCUT2D eigenvalue weighted by Gasteiger charge is -2.24. The topological polar surface area (TPSA) is 12.5 Å². The Hall–Kier alpha value is -1.51. The van der Waals surface area contributed by atoms with Gasteiger partial charge in [0, 0.05) is 23.8 Å². The molecule has 0 bridgehead atoms. The molecule has 2 nitrogen and oxygen atoms in total. The lowest BCUT2D eigenvalue weighted by Crippen LogP contribution is -2.28. The van der Waals surface area contributed by atoms with Gasteiger partial charge < -0.3 is 9.64 Å². The minimum absolute atomic E-state index is 0.633. The number of hydrogen-bond acceptors (Lipinski definition) is 2. The lowest BCUT2D eigenvalue weighted by atomic mass is 10.2. The molecular weight excluding hydrogens is 294 g/mol. The average Bonchev–Trinajstić information content (AvgIpc) is 2.56. The number of unbranched alkanes of at least 4 members (excludes halogenated alkanes) is 1. The van der Waals surface area contributed by atoms with Crippen LogP contribution in [0.15, 0.2) is 54.6 Å². The molecule has 0 aliphatic heterocycles. The second-order valence-corrected chi connectivity index (χ2v) is 5.79. The SMILES string of the molecule is CCCCN(CCOCc1ccc(Cl)cc1)c1ccccc1. The van der Waals surface area contributed by atoms with Crippen LogP contribution in [0, 0.1) is 0 Å². The van der Waals surface area contributed by atoms with Crippen molar-refractivity contribution in [3.63, 3.8) is 0 Å². The van der Waals surface area contributed by atoms with Crippen LogP contribution in [-0.4, -0.2) is 19.7 Å². The fraction of sp³-hybridized carbons (Fsp3) is 0.368. The number of ether oxygens (including phenoxy) is 1. The molecule has 0 radical (unpaired) electrons. The van der Waals surface area contributed by atoms with E-state index in [2.05, 4.69) is 42.2 Å². The van der Waals surface area contributed by atoms with Crippen LogP contribution in [0.3, 0.4) is 0 Å². The lowest BCUT2D eigenvalue weighted by molar-refractivity contribution is 0.126. The van der Waals surface area contributed by atoms with Gasteiger partial charge in [-0.15, -0.1) is 0 Å². The molecule has 2 rings (SSSR count). The van der Waals surface area contributed by atoms with Crippen molar-refractivity contribution in [2.75, 3.05) is 24.6 Å². The van der Waals surface area contributed by atoms with Crippen LogP contribution in [0.25, 0.3) is 0 Å². The Morgan fingerprint density at radius 2 is 1.68 bits per heavy atom. The summed E-state index contributed by atoms with van der Waals surface area (Å²) in [6.45, 7) is 5.57. The predicted molar refractivity (Wildman–Crippen MR) is 94.7 cm³/mol. The van der Waals surface area contributed by atoms with Gasteiger partial charge in [0.2, 0.25) is 0 Å². The first-order valence-corrected chi connectivity index (χ1v) is 8.29. The standard InChI is InChI=1S/C19H24ClNO/c1-2-3-13-21(19-7-5-4-6-8-19)14-15-22-16-17-9-11-18(20)12-10-17/h4-12H,2-3,13-16H2,1H3. The van der Waals surface area contributed by atoms with Crippen LogP contribution < -0.4 is 4.90 Å². The molecule has 0 saturated carbocycles. The van der Waals surface area contributed by atoms with Crippen molar-refractivity contribution in [2.24, 2.45) is 0 Å². The summed E-state index contributed by atoms with van der Waals surface area (Å²) in [4.78, 5) is 2.39. The molecule has 0 aliphatic carbocycles. The van der Waals surface area contributed by atoms with Crippen molar-refractivity contribution in [3.8, 4) is 0 Å². The molecule has 0 N–H and O–H groups in total. The molecule has 22 heavy (non-hydrogen) atoms. The fourth-order valence-corrected chi connectivity index (χ4v) is 2.43. The zero-order valence-electron chi connectivity index (χ0n) is 13.2. The van der Waals surface area contributed by atoms with Crippen LogP contribution in [0.5, 0.6) is 0 Å². The van der Waals surface area contributed by atoms with Crippen molar-refractivity contribution in [2.45, 2.75) is 26.4 Å². The monoisotopic (exact) mass is 317 g/mol. The summed E-state index contributed by atoms with van der Waals surface area (Å²) in [5.74, 6) is 0. The number of para-hydroxylation sites is 1. The minimum Gasteiger partial charge on any atom is -0.375 e. The Morgan fingerprint density at radius 1 is 0.955 bits per heavy atom. The second-order valence-electron chi connectivity index (χ2n) is 5.36. The Bertz CT molecular complexity index is 527. The van der Waals surface area contributed by atoms with E-state index < -0.39 is 0 Å². The third-order valence-electron chi connectivity index (χ3n) is 3.59. The van der Waals surface area contributed by atoms with Crippen molar-refractivity contribution in [1.82, 2.24) is 0 Å². The zero-order valence-corrected chi connectivity index (χ0v) is 13.9. The third kappa shape index (κ3) is 5.70. The first kappa shape index (κ1) is 16.9. The highest BCUT2D eigenvalue weighted by molar-refractivity contribution is 6.30. The van der Waals surface area contributed by atoms with E-state index in [0.29, 0.717) is 6.61 Å². The molecule has 3 heteroatoms. The summed E-state index contributed by atoms with van der Waals surface area (Å²) in [7, 11) is 0. The summed E-state index contributed by atoms with van der Waals surface area (Å²) in [5.41, 5.74) is 2.43. The predicted octanol–water partition coefficient (Wildman–Crippen LogP) is 5.16. The van der Waals surface area contributed by atoms with Gasteiger partial charge in [0.25, 0.3) is 0 Å². The van der Waals surface area contributed by atoms with Gasteiger partial charge in [0.15, 0.2) is 0 Å². The van der Waals surface area contributed by atoms with E-state index in [1.807, 2.05) is 24.3 Å². The molecule has 0 unspecified atom stereocenters. The van der Waals surface area contributed by atoms with Crippen molar-refractivity contribution in [3.05, 3.63) is 65.2 Å². The van der Waals surface area contributed by atoms with E-state index >= 15 is 0 Å². The molecule has 0 fully saturated rings. The number of halogens is 1. The average molecular weight is 318 g/mol. The number of anilines is 1. The van der Waals surface area contributed by atoms with Crippen LogP contribution in [0.4, 0.5) is 5.69 Å². The van der Waals surface area contributed by atoms with Gasteiger partial charge in [-0.1, -0.05) is 55.3 Å². The first-order valence-electron chi connectivity index (χ1n) is 7.92. The maximum absolute atomic E-state index is 5.88. The number of hydrogen-bond donors (Lipinski definition) is 0. The van der Waals surface area contributed by atoms with Crippen molar-refractivity contribution in [1.29, 1.82) is 0 Å². The molecule has 0 spiro atoms. The maximum Gasteiger partial charge on any atom is 0.0717 e. The molecular formula is C19H24ClNO. The number of benzene rings is 2. The molecule has 0 amide bonds. The zero-order chi connectivity index (χ0) is 15.6. The summed E-state index contributed by atoms with van der Waals surface area (Å²) in [5, 5.41) is 0.763. The Morgan fingerprint density at radius 3 is 2.36 bits per heavy atom. The van der Waals surface area contributed by atoms with E-state index in [1.54, 1.807) is 0 Å². The second kappa shape index (κ2) is 9.50. The van der Waals surface area contributed by atoms with Crippen LogP contribution in [-0.2, 0) is 11.3 Å². The molecule has 0 atom stereocenters. The molecule has 0 heterocycles. The summed E-state index contributed by atoms with van der Waals surface area (Å²) in [6.07, 6.45) is 2.40. The maximum atomic E-state index is 5.88. The van der Waals surface area contributed by atoms with E-state index in [1.165, 1.54) is 18.5 Å². The van der Waals surface area contributed by atoms with Crippen LogP contribution in [0.2, 0.25) is 5.02 Å². The van der Waals surface area contributed by atoms with Gasteiger partial charge >= 0.3 is 0 Å². The summed E-state index contributed by atoms with van der Waals surface area (Å²) in [6, 6.07) is 18.4. The first-order chi connectivity index (χ1) is 10.8. The summed E-state index contributed by atoms with van der Waals surface area (Å²) >= 11 is 5.88. The van der Waals surface area contributed by atoms with Gasteiger partial charge in [0.05, 0.1) is 13.2 Å². The van der Waals surface area contributed by atoms with Gasteiger partial charge in [-0.25, -0.2) is 0 Å². The Kier molecular flexibility index (Phi) is 7.27. The van der Waals surface area contributed by atoms with E-state index in [9.17, 15) is 0 Å². The molecule has 0 aliphatic rings. The number of rotatable bonds is 9. The Balaban J connectivity index is 1.79. The van der Waals surface area contributed by atoms with Crippen LogP contribution >= 0.6 is 11.6 Å². The largest absolute Gasteiger partial charge is 0.375 e. The van der Waals surface area contributed by atoms with Gasteiger partial charge in [0.1, 0.15) is 0 Å². The highest BCUT2D eigenvalue weighted by Crippen LogP contribution is 2.14. The van der Waals surface area contributed by atoms with E-state index in [-0.39, 0.29) is 0 Å². The van der Waals surface area contributed by atoms with Gasteiger partial charge in [-0.2, -0.15) is 0 Å². The van der Waals surface area contributed by atoms with E-state index in [0.717, 1.165) is 30.3 Å². The summed E-state index contributed by atoms with van der Waals surface area (Å²) < 4.78 is 5.81. The molecule has 118 valence electrons. The molecule has 2 aromatic rings. The normalized spacial score (nSPS) is 10.6.